The van der Waals surface area contributed by atoms with Crippen molar-refractivity contribution in [2.45, 2.75) is 0 Å². The van der Waals surface area contributed by atoms with Crippen molar-refractivity contribution in [1.29, 1.82) is 0 Å². The van der Waals surface area contributed by atoms with Crippen LogP contribution in [0.5, 0.6) is 0 Å². The van der Waals surface area contributed by atoms with Crippen LogP contribution >= 0.6 is 22.7 Å². The third-order valence-electron chi connectivity index (χ3n) is 4.77. The van der Waals surface area contributed by atoms with Gasteiger partial charge >= 0.3 is 0 Å². The van der Waals surface area contributed by atoms with Gasteiger partial charge in [0.25, 0.3) is 0 Å². The number of nitrogens with one attached hydrogen (secondary N) is 3. The molecule has 0 aliphatic carbocycles. The smallest absolute Gasteiger partial charge is 0.231 e. The van der Waals surface area contributed by atoms with E-state index in [1.54, 1.807) is 22.7 Å². The second kappa shape index (κ2) is 6.79. The lowest BCUT2D eigenvalue weighted by atomic mass is 9.97. The monoisotopic (exact) mass is 427 g/mol. The summed E-state index contributed by atoms with van der Waals surface area (Å²) >= 11 is 3.21. The van der Waals surface area contributed by atoms with Gasteiger partial charge in [0.1, 0.15) is 7.85 Å². The van der Waals surface area contributed by atoms with Crippen LogP contribution in [0.15, 0.2) is 54.0 Å². The highest BCUT2D eigenvalue weighted by molar-refractivity contribution is 7.22. The van der Waals surface area contributed by atoms with Crippen LogP contribution in [0.2, 0.25) is 0 Å². The fourth-order valence-corrected chi connectivity index (χ4v) is 5.08. The molecule has 6 rings (SSSR count). The number of H-pyrrole nitrogens is 1. The van der Waals surface area contributed by atoms with Gasteiger partial charge in [0.05, 0.1) is 32.1 Å². The van der Waals surface area contributed by atoms with E-state index in [2.05, 4.69) is 50.8 Å². The van der Waals surface area contributed by atoms with Crippen molar-refractivity contribution >= 4 is 89.9 Å². The van der Waals surface area contributed by atoms with Crippen LogP contribution in [0.1, 0.15) is 0 Å². The Balaban J connectivity index is 1.37. The maximum absolute atomic E-state index is 4.74. The Morgan fingerprint density at radius 3 is 2.87 bits per heavy atom. The molecule has 6 aromatic rings. The fourth-order valence-electron chi connectivity index (χ4n) is 3.34. The number of hydrogen-bond acceptors (Lipinski definition) is 8. The molecule has 0 spiro atoms. The van der Waals surface area contributed by atoms with E-state index in [0.717, 1.165) is 48.0 Å². The van der Waals surface area contributed by atoms with Crippen LogP contribution in [-0.2, 0) is 0 Å². The van der Waals surface area contributed by atoms with Gasteiger partial charge in [0.2, 0.25) is 5.95 Å². The Kier molecular flexibility index (Phi) is 3.93. The van der Waals surface area contributed by atoms with Crippen LogP contribution in [0, 0.1) is 0 Å². The number of rotatable bonds is 4. The van der Waals surface area contributed by atoms with Crippen molar-refractivity contribution < 1.29 is 0 Å². The molecule has 144 valence electrons. The zero-order chi connectivity index (χ0) is 20.1. The summed E-state index contributed by atoms with van der Waals surface area (Å²) in [7, 11) is 2.08. The molecule has 0 saturated carbocycles. The lowest BCUT2D eigenvalue weighted by molar-refractivity contribution is 1.12. The molecule has 0 saturated heterocycles. The summed E-state index contributed by atoms with van der Waals surface area (Å²) in [6.07, 6.45) is 1.81. The third kappa shape index (κ3) is 3.06. The number of hydrogen-bond donors (Lipinski definition) is 3. The molecule has 7 nitrogen and oxygen atoms in total. The standard InChI is InChI=1S/C20H14BN7S2/c21-11-1-3-14-16(8-11)30-20(25-14)27-19-24-15-5-6-29-17(15)18(26-19)23-12-2-4-13-10(7-12)9-22-28-13/h1-9H,21H2,(H,22,28)(H2,23,24,25,26,27). The minimum absolute atomic E-state index is 0.517. The largest absolute Gasteiger partial charge is 0.339 e. The highest BCUT2D eigenvalue weighted by Crippen LogP contribution is 2.32. The first-order chi connectivity index (χ1) is 14.7. The van der Waals surface area contributed by atoms with E-state index in [0.29, 0.717) is 5.95 Å². The normalized spacial score (nSPS) is 11.5. The SMILES string of the molecule is Bc1ccc2nc(Nc3nc(Nc4ccc5[nH]ncc5c4)c4sccc4n3)sc2c1. The van der Waals surface area contributed by atoms with Crippen LogP contribution in [0.25, 0.3) is 31.3 Å². The van der Waals surface area contributed by atoms with Gasteiger partial charge in [-0.1, -0.05) is 22.9 Å². The van der Waals surface area contributed by atoms with E-state index in [1.165, 1.54) is 5.46 Å². The lowest BCUT2D eigenvalue weighted by Gasteiger charge is -2.09. The number of benzene rings is 2. The van der Waals surface area contributed by atoms with Crippen LogP contribution in [0.4, 0.5) is 22.6 Å². The van der Waals surface area contributed by atoms with Crippen molar-refractivity contribution in [1.82, 2.24) is 25.1 Å². The first-order valence-corrected chi connectivity index (χ1v) is 11.0. The van der Waals surface area contributed by atoms with Gasteiger partial charge in [-0.3, -0.25) is 10.4 Å². The van der Waals surface area contributed by atoms with E-state index in [4.69, 9.17) is 4.98 Å². The summed E-state index contributed by atoms with van der Waals surface area (Å²) in [5.41, 5.74) is 5.02. The first kappa shape index (κ1) is 17.4. The highest BCUT2D eigenvalue weighted by Gasteiger charge is 2.12. The molecular formula is C20H14BN7S2. The molecule has 2 aromatic carbocycles. The van der Waals surface area contributed by atoms with Crippen molar-refractivity contribution in [3.8, 4) is 0 Å². The van der Waals surface area contributed by atoms with E-state index < -0.39 is 0 Å². The van der Waals surface area contributed by atoms with Gasteiger partial charge in [0, 0.05) is 11.1 Å². The van der Waals surface area contributed by atoms with E-state index in [9.17, 15) is 0 Å². The number of aromatic amines is 1. The molecule has 30 heavy (non-hydrogen) atoms. The Morgan fingerprint density at radius 1 is 0.933 bits per heavy atom. The average Bonchev–Trinajstić information content (AvgIpc) is 3.46. The number of nitrogens with zero attached hydrogens (tertiary/aromatic N) is 4. The summed E-state index contributed by atoms with van der Waals surface area (Å²) < 4.78 is 2.15. The van der Waals surface area contributed by atoms with Crippen LogP contribution in [-0.4, -0.2) is 33.0 Å². The van der Waals surface area contributed by atoms with Gasteiger partial charge in [-0.25, -0.2) is 9.97 Å². The quantitative estimate of drug-likeness (QED) is 0.370. The first-order valence-electron chi connectivity index (χ1n) is 9.31. The zero-order valence-corrected chi connectivity index (χ0v) is 17.4. The van der Waals surface area contributed by atoms with Crippen LogP contribution < -0.4 is 16.1 Å². The molecule has 0 radical (unpaired) electrons. The minimum atomic E-state index is 0.517. The topological polar surface area (TPSA) is 91.4 Å². The van der Waals surface area contributed by atoms with E-state index in [-0.39, 0.29) is 0 Å². The Hall–Kier alpha value is -3.50. The molecule has 0 aliphatic heterocycles. The van der Waals surface area contributed by atoms with Gasteiger partial charge in [-0.05, 0) is 41.8 Å². The Labute approximate surface area is 179 Å². The van der Waals surface area contributed by atoms with Crippen molar-refractivity contribution in [3.05, 3.63) is 54.0 Å². The molecular weight excluding hydrogens is 413 g/mol. The summed E-state index contributed by atoms with van der Waals surface area (Å²) in [6, 6.07) is 14.3. The number of thiophene rings is 1. The summed E-state index contributed by atoms with van der Waals surface area (Å²) in [5, 5.41) is 17.6. The summed E-state index contributed by atoms with van der Waals surface area (Å²) in [6.45, 7) is 0. The predicted octanol–water partition coefficient (Wildman–Crippen LogP) is 3.92. The lowest BCUT2D eigenvalue weighted by Crippen LogP contribution is -2.01. The maximum atomic E-state index is 4.74. The van der Waals surface area contributed by atoms with Gasteiger partial charge < -0.3 is 5.32 Å². The summed E-state index contributed by atoms with van der Waals surface area (Å²) in [4.78, 5) is 14.1. The van der Waals surface area contributed by atoms with Gasteiger partial charge in [-0.2, -0.15) is 10.1 Å². The number of aromatic nitrogens is 5. The van der Waals surface area contributed by atoms with E-state index in [1.807, 2.05) is 41.9 Å². The number of fused-ring (bicyclic) bond motifs is 3. The molecule has 0 aliphatic rings. The van der Waals surface area contributed by atoms with Crippen molar-refractivity contribution in [2.75, 3.05) is 10.6 Å². The minimum Gasteiger partial charge on any atom is -0.339 e. The molecule has 3 N–H and O–H groups in total. The molecule has 10 heteroatoms. The van der Waals surface area contributed by atoms with Crippen molar-refractivity contribution in [3.63, 3.8) is 0 Å². The molecule has 0 amide bonds. The molecule has 0 fully saturated rings. The highest BCUT2D eigenvalue weighted by atomic mass is 32.1. The number of anilines is 4. The molecule has 4 heterocycles. The Morgan fingerprint density at radius 2 is 1.90 bits per heavy atom. The molecule has 0 bridgehead atoms. The van der Waals surface area contributed by atoms with Crippen LogP contribution in [0.3, 0.4) is 0 Å². The van der Waals surface area contributed by atoms with Crippen molar-refractivity contribution in [2.24, 2.45) is 0 Å². The third-order valence-corrected chi connectivity index (χ3v) is 6.61. The summed E-state index contributed by atoms with van der Waals surface area (Å²) in [5.74, 6) is 1.28. The van der Waals surface area contributed by atoms with E-state index >= 15 is 0 Å². The number of thiazole rings is 1. The molecule has 0 atom stereocenters. The predicted molar refractivity (Wildman–Crippen MR) is 128 cm³/mol. The van der Waals surface area contributed by atoms with Gasteiger partial charge in [0.15, 0.2) is 10.9 Å². The maximum Gasteiger partial charge on any atom is 0.231 e. The van der Waals surface area contributed by atoms with Gasteiger partial charge in [-0.15, -0.1) is 11.3 Å². The second-order valence-electron chi connectivity index (χ2n) is 6.94. The zero-order valence-electron chi connectivity index (χ0n) is 15.8. The molecule has 0 unspecified atom stereocenters. The molecule has 4 aromatic heterocycles. The average molecular weight is 427 g/mol. The fraction of sp³-hybridized carbons (Fsp3) is 0. The second-order valence-corrected chi connectivity index (χ2v) is 8.89. The Bertz CT molecular complexity index is 1530.